The van der Waals surface area contributed by atoms with Crippen molar-refractivity contribution >= 4 is 70.3 Å². The number of fused-ring (bicyclic) bond motifs is 1. The van der Waals surface area contributed by atoms with Gasteiger partial charge in [-0.25, -0.2) is 14.6 Å². The lowest BCUT2D eigenvalue weighted by molar-refractivity contribution is -0.152. The number of carbonyl (C=O) groups excluding carboxylic acids is 4. The van der Waals surface area contributed by atoms with Crippen LogP contribution in [0.15, 0.2) is 22.3 Å². The number of nitrogens with one attached hydrogen (secondary N) is 1. The Balaban J connectivity index is 0.00000456. The van der Waals surface area contributed by atoms with E-state index in [-0.39, 0.29) is 54.5 Å². The molecule has 3 heterocycles. The molecule has 0 radical (unpaired) electrons. The predicted molar refractivity (Wildman–Crippen MR) is 134 cm³/mol. The van der Waals surface area contributed by atoms with Gasteiger partial charge in [-0.2, -0.15) is 0 Å². The third-order valence-corrected chi connectivity index (χ3v) is 6.43. The molecule has 0 aliphatic carbocycles. The molecule has 2 amide bonds. The molecule has 2 aliphatic heterocycles. The zero-order valence-corrected chi connectivity index (χ0v) is 21.9. The highest BCUT2D eigenvalue weighted by Crippen LogP contribution is 2.37. The number of rotatable bonds is 11. The minimum absolute atomic E-state index is 0. The minimum Gasteiger partial charge on any atom is -0.457 e. The molecule has 3 rings (SSSR count). The van der Waals surface area contributed by atoms with E-state index in [0.717, 1.165) is 11.3 Å². The smallest absolute Gasteiger partial charge is 0.457 e. The second kappa shape index (κ2) is 13.9. The maximum absolute atomic E-state index is 12.9. The number of hydrogen-bond donors (Lipinski definition) is 2. The highest BCUT2D eigenvalue weighted by Gasteiger charge is 2.53. The summed E-state index contributed by atoms with van der Waals surface area (Å²) in [6.07, 6.45) is 1.39. The monoisotopic (exact) mass is 563 g/mol. The van der Waals surface area contributed by atoms with E-state index in [4.69, 9.17) is 20.0 Å². The normalized spacial score (nSPS) is 18.6. The molecule has 0 saturated carbocycles. The Morgan fingerprint density at radius 2 is 1.97 bits per heavy atom. The fraction of sp³-hybridized carbons (Fsp3) is 0.500. The van der Waals surface area contributed by atoms with Crippen molar-refractivity contribution in [3.05, 3.63) is 22.8 Å². The third kappa shape index (κ3) is 7.01. The Morgan fingerprint density at radius 1 is 1.22 bits per heavy atom. The number of anilines is 1. The van der Waals surface area contributed by atoms with Crippen LogP contribution in [0.5, 0.6) is 0 Å². The number of oxime groups is 1. The molecule has 36 heavy (non-hydrogen) atoms. The Morgan fingerprint density at radius 3 is 2.64 bits per heavy atom. The number of amides is 2. The molecule has 1 saturated heterocycles. The number of nitrogen functional groups attached to an aromatic ring is 1. The lowest BCUT2D eigenvalue weighted by Crippen LogP contribution is -2.70. The fourth-order valence-corrected chi connectivity index (χ4v) is 4.78. The molecule has 1 fully saturated rings. The number of β-lactam (4-membered cyclic amide) rings is 1. The fourth-order valence-electron chi connectivity index (χ4n) is 3.03. The maximum atomic E-state index is 12.9. The average molecular weight is 564 g/mol. The lowest BCUT2D eigenvalue weighted by atomic mass is 10.0. The number of esters is 1. The van der Waals surface area contributed by atoms with Crippen LogP contribution in [0.25, 0.3) is 0 Å². The summed E-state index contributed by atoms with van der Waals surface area (Å²) in [5.41, 5.74) is 5.86. The Hall–Kier alpha value is -3.04. The first kappa shape index (κ1) is 29.2. The maximum Gasteiger partial charge on any atom is 0.508 e. The molecule has 0 aromatic carbocycles. The molecule has 0 bridgehead atoms. The van der Waals surface area contributed by atoms with Gasteiger partial charge in [0.1, 0.15) is 42.6 Å². The van der Waals surface area contributed by atoms with Crippen molar-refractivity contribution in [1.29, 1.82) is 0 Å². The van der Waals surface area contributed by atoms with Gasteiger partial charge in [-0.3, -0.25) is 14.5 Å². The standard InChI is InChI=1S/C20H25N5O8S2.ClH/c1-3-6-33-24-13(11-10-35-19(21)22-11)15(26)23-14-16(27)25-12(5-9-34-17(14)25)18(28)31-7-8-32-20(29)30-4-2;/h5,10,14,17H,3-4,6-9H2,1-2H3,(H2,21,22)(H,23,26);1H/t14?,17-;/m0./s1. The SMILES string of the molecule is CCCON=C(C(=O)NC1C(=O)N2C(C(=O)OCCOC(=O)OCC)=CCS[C@@H]12)c1csc(N)n1.Cl. The quantitative estimate of drug-likeness (QED) is 0.130. The molecule has 0 spiro atoms. The van der Waals surface area contributed by atoms with Crippen molar-refractivity contribution in [2.24, 2.45) is 5.16 Å². The molecular formula is C20H26ClN5O8S2. The number of hydrogen-bond acceptors (Lipinski definition) is 13. The second-order valence-corrected chi connectivity index (χ2v) is 9.02. The summed E-state index contributed by atoms with van der Waals surface area (Å²) in [5.74, 6) is -1.45. The summed E-state index contributed by atoms with van der Waals surface area (Å²) < 4.78 is 14.4. The summed E-state index contributed by atoms with van der Waals surface area (Å²) in [6.45, 7) is 3.59. The van der Waals surface area contributed by atoms with E-state index >= 15 is 0 Å². The van der Waals surface area contributed by atoms with Crippen molar-refractivity contribution in [3.63, 3.8) is 0 Å². The topological polar surface area (TPSA) is 172 Å². The van der Waals surface area contributed by atoms with Crippen molar-refractivity contribution in [2.45, 2.75) is 31.7 Å². The Kier molecular flexibility index (Phi) is 11.3. The number of halogens is 1. The molecule has 1 aromatic rings. The zero-order chi connectivity index (χ0) is 25.4. The van der Waals surface area contributed by atoms with Gasteiger partial charge in [-0.15, -0.1) is 35.5 Å². The highest BCUT2D eigenvalue weighted by molar-refractivity contribution is 8.00. The predicted octanol–water partition coefficient (Wildman–Crippen LogP) is 1.28. The van der Waals surface area contributed by atoms with Gasteiger partial charge in [0.2, 0.25) is 0 Å². The Bertz CT molecular complexity index is 1030. The van der Waals surface area contributed by atoms with E-state index in [1.165, 1.54) is 16.7 Å². The molecule has 2 aliphatic rings. The molecule has 16 heteroatoms. The van der Waals surface area contributed by atoms with Crippen LogP contribution in [0.1, 0.15) is 26.0 Å². The van der Waals surface area contributed by atoms with E-state index in [9.17, 15) is 19.2 Å². The average Bonchev–Trinajstić information content (AvgIpc) is 3.27. The largest absolute Gasteiger partial charge is 0.508 e. The van der Waals surface area contributed by atoms with Crippen LogP contribution < -0.4 is 11.1 Å². The summed E-state index contributed by atoms with van der Waals surface area (Å²) in [4.78, 5) is 59.9. The van der Waals surface area contributed by atoms with E-state index in [0.29, 0.717) is 18.8 Å². The number of thioether (sulfide) groups is 1. The second-order valence-electron chi connectivity index (χ2n) is 6.98. The van der Waals surface area contributed by atoms with E-state index in [2.05, 4.69) is 20.2 Å². The van der Waals surface area contributed by atoms with Crippen LogP contribution in [-0.4, -0.2) is 83.1 Å². The zero-order valence-electron chi connectivity index (χ0n) is 19.5. The first-order chi connectivity index (χ1) is 16.9. The van der Waals surface area contributed by atoms with Gasteiger partial charge in [0.25, 0.3) is 11.8 Å². The van der Waals surface area contributed by atoms with E-state index in [1.807, 2.05) is 6.92 Å². The molecule has 1 aromatic heterocycles. The Labute approximate surface area is 221 Å². The summed E-state index contributed by atoms with van der Waals surface area (Å²) in [7, 11) is 0. The van der Waals surface area contributed by atoms with Crippen LogP contribution in [0, 0.1) is 0 Å². The number of nitrogens with zero attached hydrogens (tertiary/aromatic N) is 3. The number of carbonyl (C=O) groups is 4. The van der Waals surface area contributed by atoms with Crippen LogP contribution in [0.2, 0.25) is 0 Å². The summed E-state index contributed by atoms with van der Waals surface area (Å²) in [6, 6.07) is -0.886. The lowest BCUT2D eigenvalue weighted by Gasteiger charge is -2.48. The molecular weight excluding hydrogens is 538 g/mol. The van der Waals surface area contributed by atoms with Gasteiger partial charge < -0.3 is 30.1 Å². The van der Waals surface area contributed by atoms with Crippen LogP contribution in [0.3, 0.4) is 0 Å². The number of aromatic nitrogens is 1. The number of thiazole rings is 1. The van der Waals surface area contributed by atoms with Crippen molar-refractivity contribution in [1.82, 2.24) is 15.2 Å². The molecule has 3 N–H and O–H groups in total. The van der Waals surface area contributed by atoms with Gasteiger partial charge in [0.15, 0.2) is 10.8 Å². The minimum atomic E-state index is -0.886. The van der Waals surface area contributed by atoms with Gasteiger partial charge in [0.05, 0.1) is 6.61 Å². The van der Waals surface area contributed by atoms with Gasteiger partial charge in [-0.1, -0.05) is 12.1 Å². The molecule has 13 nitrogen and oxygen atoms in total. The van der Waals surface area contributed by atoms with Crippen LogP contribution in [-0.2, 0) is 33.4 Å². The van der Waals surface area contributed by atoms with Crippen molar-refractivity contribution in [2.75, 3.05) is 37.9 Å². The van der Waals surface area contributed by atoms with E-state index < -0.39 is 35.4 Å². The van der Waals surface area contributed by atoms with Crippen LogP contribution in [0.4, 0.5) is 9.93 Å². The van der Waals surface area contributed by atoms with Gasteiger partial charge >= 0.3 is 12.1 Å². The van der Waals surface area contributed by atoms with Gasteiger partial charge in [-0.05, 0) is 19.4 Å². The number of nitrogens with two attached hydrogens (primary N) is 1. The van der Waals surface area contributed by atoms with Crippen molar-refractivity contribution in [3.8, 4) is 0 Å². The number of ether oxygens (including phenoxy) is 3. The van der Waals surface area contributed by atoms with E-state index in [1.54, 1.807) is 18.4 Å². The first-order valence-electron chi connectivity index (χ1n) is 10.7. The van der Waals surface area contributed by atoms with Crippen LogP contribution >= 0.6 is 35.5 Å². The summed E-state index contributed by atoms with van der Waals surface area (Å²) >= 11 is 2.51. The third-order valence-electron chi connectivity index (χ3n) is 4.57. The molecule has 198 valence electrons. The molecule has 2 atom stereocenters. The van der Waals surface area contributed by atoms with Gasteiger partial charge in [0, 0.05) is 11.1 Å². The van der Waals surface area contributed by atoms with Crippen molar-refractivity contribution < 1.29 is 38.2 Å². The molecule has 1 unspecified atom stereocenters. The highest BCUT2D eigenvalue weighted by atomic mass is 35.5. The first-order valence-corrected chi connectivity index (χ1v) is 12.6. The summed E-state index contributed by atoms with van der Waals surface area (Å²) in [5, 5.41) is 7.84.